The van der Waals surface area contributed by atoms with Crippen LogP contribution in [0, 0.1) is 5.41 Å². The second-order valence-electron chi connectivity index (χ2n) is 7.93. The molecular weight excluding hydrogens is 437 g/mol. The quantitative estimate of drug-likeness (QED) is 0.662. The summed E-state index contributed by atoms with van der Waals surface area (Å²) in [5, 5.41) is 17.0. The number of likely N-dealkylation sites (tertiary alicyclic amines) is 1. The first-order chi connectivity index (χ1) is 14.8. The van der Waals surface area contributed by atoms with E-state index in [2.05, 4.69) is 17.1 Å². The van der Waals surface area contributed by atoms with Crippen LogP contribution >= 0.6 is 23.2 Å². The first-order valence-electron chi connectivity index (χ1n) is 9.88. The highest BCUT2D eigenvalue weighted by Gasteiger charge is 2.31. The Kier molecular flexibility index (Phi) is 5.81. The van der Waals surface area contributed by atoms with Crippen molar-refractivity contribution in [2.45, 2.75) is 12.8 Å². The number of benzene rings is 1. The van der Waals surface area contributed by atoms with Crippen molar-refractivity contribution < 1.29 is 9.32 Å². The van der Waals surface area contributed by atoms with Gasteiger partial charge in [0.25, 0.3) is 5.91 Å². The molecule has 2 aromatic rings. The Balaban J connectivity index is 1.72. The third-order valence-electron chi connectivity index (χ3n) is 5.45. The van der Waals surface area contributed by atoms with Crippen LogP contribution in [-0.2, 0) is 6.42 Å². The molecule has 7 nitrogen and oxygen atoms in total. The number of carbonyl (C=O) groups is 1. The van der Waals surface area contributed by atoms with Crippen LogP contribution in [0.25, 0.3) is 5.70 Å². The highest BCUT2D eigenvalue weighted by Crippen LogP contribution is 2.33. The fourth-order valence-corrected chi connectivity index (χ4v) is 4.14. The first-order valence-corrected chi connectivity index (χ1v) is 10.6. The van der Waals surface area contributed by atoms with Crippen molar-refractivity contribution in [3.8, 4) is 0 Å². The van der Waals surface area contributed by atoms with Crippen LogP contribution in [0.1, 0.15) is 28.0 Å². The minimum Gasteiger partial charge on any atom is -0.379 e. The number of nitrogens with zero attached hydrogens (tertiary/aromatic N) is 3. The summed E-state index contributed by atoms with van der Waals surface area (Å²) in [7, 11) is 3.80. The lowest BCUT2D eigenvalue weighted by Crippen LogP contribution is -2.41. The fraction of sp³-hybridized carbons (Fsp3) is 0.318. The fourth-order valence-electron chi connectivity index (χ4n) is 3.85. The Labute approximate surface area is 190 Å². The lowest BCUT2D eigenvalue weighted by atomic mass is 9.96. The SMILES string of the molecule is C=C1CN/C(=C2/CN(C(=O)c3ccc(Cl)c(Cl)c3)CCC2=N)c2noc(N(C)C)c2C1. The van der Waals surface area contributed by atoms with Gasteiger partial charge in [0, 0.05) is 63.4 Å². The molecule has 2 aliphatic rings. The summed E-state index contributed by atoms with van der Waals surface area (Å²) in [6.07, 6.45) is 1.08. The van der Waals surface area contributed by atoms with Gasteiger partial charge in [-0.05, 0) is 18.2 Å². The number of amides is 1. The molecule has 1 amide bonds. The van der Waals surface area contributed by atoms with E-state index in [1.165, 1.54) is 0 Å². The second kappa shape index (κ2) is 8.40. The largest absolute Gasteiger partial charge is 0.379 e. The third kappa shape index (κ3) is 4.07. The summed E-state index contributed by atoms with van der Waals surface area (Å²) in [4.78, 5) is 16.7. The van der Waals surface area contributed by atoms with Crippen LogP contribution in [0.3, 0.4) is 0 Å². The molecule has 2 N–H and O–H groups in total. The lowest BCUT2D eigenvalue weighted by molar-refractivity contribution is 0.0770. The number of hydrogen-bond donors (Lipinski definition) is 2. The summed E-state index contributed by atoms with van der Waals surface area (Å²) in [6, 6.07) is 4.85. The number of aromatic nitrogens is 1. The molecule has 9 heteroatoms. The topological polar surface area (TPSA) is 85.5 Å². The van der Waals surface area contributed by atoms with Crippen LogP contribution < -0.4 is 10.2 Å². The summed E-state index contributed by atoms with van der Waals surface area (Å²) >= 11 is 12.1. The molecule has 0 radical (unpaired) electrons. The van der Waals surface area contributed by atoms with Crippen LogP contribution in [-0.4, -0.2) is 55.4 Å². The lowest BCUT2D eigenvalue weighted by Gasteiger charge is -2.31. The van der Waals surface area contributed by atoms with E-state index < -0.39 is 0 Å². The molecule has 0 atom stereocenters. The van der Waals surface area contributed by atoms with Crippen molar-refractivity contribution in [1.82, 2.24) is 15.4 Å². The minimum absolute atomic E-state index is 0.156. The molecule has 1 saturated heterocycles. The number of piperidine rings is 1. The summed E-state index contributed by atoms with van der Waals surface area (Å²) < 4.78 is 5.59. The number of anilines is 1. The average Bonchev–Trinajstić information content (AvgIpc) is 3.07. The molecule has 3 heterocycles. The van der Waals surface area contributed by atoms with E-state index in [0.29, 0.717) is 58.8 Å². The van der Waals surface area contributed by atoms with Crippen molar-refractivity contribution in [3.05, 3.63) is 62.8 Å². The molecule has 0 saturated carbocycles. The van der Waals surface area contributed by atoms with Gasteiger partial charge in [0.15, 0.2) is 0 Å². The minimum atomic E-state index is -0.156. The molecule has 162 valence electrons. The van der Waals surface area contributed by atoms with Gasteiger partial charge >= 0.3 is 0 Å². The van der Waals surface area contributed by atoms with Crippen molar-refractivity contribution in [2.24, 2.45) is 0 Å². The molecular formula is C22H23Cl2N5O2. The van der Waals surface area contributed by atoms with Crippen molar-refractivity contribution >= 4 is 46.4 Å². The van der Waals surface area contributed by atoms with E-state index in [1.54, 1.807) is 23.1 Å². The molecule has 1 aromatic heterocycles. The maximum Gasteiger partial charge on any atom is 0.254 e. The van der Waals surface area contributed by atoms with Crippen molar-refractivity contribution in [2.75, 3.05) is 38.6 Å². The van der Waals surface area contributed by atoms with E-state index in [9.17, 15) is 4.79 Å². The predicted molar refractivity (Wildman–Crippen MR) is 123 cm³/mol. The van der Waals surface area contributed by atoms with Gasteiger partial charge < -0.3 is 25.0 Å². The molecule has 0 bridgehead atoms. The molecule has 0 unspecified atom stereocenters. The molecule has 1 fully saturated rings. The zero-order valence-electron chi connectivity index (χ0n) is 17.4. The Morgan fingerprint density at radius 3 is 2.81 bits per heavy atom. The summed E-state index contributed by atoms with van der Waals surface area (Å²) in [5.74, 6) is 0.514. The number of nitrogens with one attached hydrogen (secondary N) is 2. The number of rotatable bonds is 2. The predicted octanol–water partition coefficient (Wildman–Crippen LogP) is 4.03. The molecule has 1 aromatic carbocycles. The van der Waals surface area contributed by atoms with E-state index in [0.717, 1.165) is 22.4 Å². The summed E-state index contributed by atoms with van der Waals surface area (Å²) in [6.45, 7) is 5.44. The first kappa shape index (κ1) is 21.5. The summed E-state index contributed by atoms with van der Waals surface area (Å²) in [5.41, 5.74) is 5.00. The van der Waals surface area contributed by atoms with Gasteiger partial charge in [0.2, 0.25) is 5.88 Å². The van der Waals surface area contributed by atoms with Gasteiger partial charge in [-0.2, -0.15) is 0 Å². The van der Waals surface area contributed by atoms with Gasteiger partial charge in [-0.15, -0.1) is 0 Å². The molecule has 2 aliphatic heterocycles. The van der Waals surface area contributed by atoms with Crippen LogP contribution in [0.5, 0.6) is 0 Å². The van der Waals surface area contributed by atoms with Crippen LogP contribution in [0.2, 0.25) is 10.0 Å². The standard InChI is InChI=1S/C22H23Cl2N5O2/c1-12-8-14-20(27-31-22(14)28(2)3)19(26-10-12)15-11-29(7-6-18(15)25)21(30)13-4-5-16(23)17(24)9-13/h4-5,9,25-26H,1,6-8,10-11H2,2-3H3/b19-15-,25-18?. The zero-order chi connectivity index (χ0) is 22.3. The monoisotopic (exact) mass is 459 g/mol. The Hall–Kier alpha value is -2.77. The van der Waals surface area contributed by atoms with Gasteiger partial charge in [0.1, 0.15) is 5.69 Å². The molecule has 31 heavy (non-hydrogen) atoms. The second-order valence-corrected chi connectivity index (χ2v) is 8.74. The molecule has 4 rings (SSSR count). The maximum atomic E-state index is 13.1. The van der Waals surface area contributed by atoms with Gasteiger partial charge in [-0.25, -0.2) is 0 Å². The molecule has 0 aliphatic carbocycles. The average molecular weight is 460 g/mol. The maximum absolute atomic E-state index is 13.1. The molecule has 0 spiro atoms. The van der Waals surface area contributed by atoms with E-state index >= 15 is 0 Å². The van der Waals surface area contributed by atoms with Crippen LogP contribution in [0.4, 0.5) is 5.88 Å². The van der Waals surface area contributed by atoms with Crippen molar-refractivity contribution in [3.63, 3.8) is 0 Å². The third-order valence-corrected chi connectivity index (χ3v) is 6.19. The Morgan fingerprint density at radius 1 is 1.32 bits per heavy atom. The number of carbonyl (C=O) groups excluding carboxylic acids is 1. The van der Waals surface area contributed by atoms with Gasteiger partial charge in [0.05, 0.1) is 21.3 Å². The van der Waals surface area contributed by atoms with Gasteiger partial charge in [-0.1, -0.05) is 40.5 Å². The van der Waals surface area contributed by atoms with E-state index in [4.69, 9.17) is 33.1 Å². The number of hydrogen-bond acceptors (Lipinski definition) is 6. The highest BCUT2D eigenvalue weighted by atomic mass is 35.5. The Bertz CT molecular complexity index is 1120. The highest BCUT2D eigenvalue weighted by molar-refractivity contribution is 6.42. The van der Waals surface area contributed by atoms with Crippen LogP contribution in [0.15, 0.2) is 40.4 Å². The number of fused-ring (bicyclic) bond motifs is 1. The number of halogens is 2. The van der Waals surface area contributed by atoms with E-state index in [1.807, 2.05) is 19.0 Å². The van der Waals surface area contributed by atoms with Crippen molar-refractivity contribution in [1.29, 1.82) is 5.41 Å². The van der Waals surface area contributed by atoms with E-state index in [-0.39, 0.29) is 12.5 Å². The zero-order valence-corrected chi connectivity index (χ0v) is 18.9. The Morgan fingerprint density at radius 2 is 2.10 bits per heavy atom. The normalized spacial score (nSPS) is 19.0. The smallest absolute Gasteiger partial charge is 0.254 e. The van der Waals surface area contributed by atoms with Gasteiger partial charge in [-0.3, -0.25) is 4.79 Å².